The highest BCUT2D eigenvalue weighted by Gasteiger charge is 2.34. The van der Waals surface area contributed by atoms with Gasteiger partial charge in [0.25, 0.3) is 5.91 Å². The minimum Gasteiger partial charge on any atom is -0.477 e. The highest BCUT2D eigenvalue weighted by atomic mass is 35.5. The second kappa shape index (κ2) is 8.89. The maximum Gasteiger partial charge on any atom is 0.265 e. The van der Waals surface area contributed by atoms with Gasteiger partial charge in [0.05, 0.1) is 42.7 Å². The summed E-state index contributed by atoms with van der Waals surface area (Å²) in [6.45, 7) is 2.26. The third kappa shape index (κ3) is 4.49. The number of rotatable bonds is 4. The zero-order valence-corrected chi connectivity index (χ0v) is 16.9. The Balaban J connectivity index is 1.49. The van der Waals surface area contributed by atoms with Crippen LogP contribution >= 0.6 is 11.6 Å². The third-order valence-electron chi connectivity index (χ3n) is 5.00. The Labute approximate surface area is 178 Å². The fraction of sp³-hybridized carbons (Fsp3) is 0.333. The van der Waals surface area contributed by atoms with Gasteiger partial charge in [0, 0.05) is 13.1 Å². The Kier molecular flexibility index (Phi) is 6.06. The van der Waals surface area contributed by atoms with E-state index in [2.05, 4.69) is 5.32 Å². The molecule has 4 rings (SSSR count). The van der Waals surface area contributed by atoms with Crippen LogP contribution in [0.15, 0.2) is 42.5 Å². The number of nitrogens with one attached hydrogen (secondary N) is 1. The first-order chi connectivity index (χ1) is 14.5. The van der Waals surface area contributed by atoms with Crippen LogP contribution in [-0.2, 0) is 14.3 Å². The molecule has 0 unspecified atom stereocenters. The summed E-state index contributed by atoms with van der Waals surface area (Å²) >= 11 is 6.00. The lowest BCUT2D eigenvalue weighted by Gasteiger charge is -2.38. The number of morpholine rings is 1. The summed E-state index contributed by atoms with van der Waals surface area (Å²) in [5.41, 5.74) is 1.05. The van der Waals surface area contributed by atoms with Gasteiger partial charge in [0.15, 0.2) is 6.10 Å². The number of fused-ring (bicyclic) bond motifs is 1. The first-order valence-corrected chi connectivity index (χ1v) is 10.0. The van der Waals surface area contributed by atoms with Crippen molar-refractivity contribution in [3.63, 3.8) is 0 Å². The molecule has 1 saturated heterocycles. The number of halogens is 2. The molecule has 2 aliphatic heterocycles. The Hall–Kier alpha value is -2.84. The molecule has 30 heavy (non-hydrogen) atoms. The fourth-order valence-corrected chi connectivity index (χ4v) is 3.74. The molecule has 0 aliphatic carbocycles. The molecule has 1 atom stereocenters. The van der Waals surface area contributed by atoms with Crippen molar-refractivity contribution in [1.29, 1.82) is 0 Å². The van der Waals surface area contributed by atoms with E-state index in [0.717, 1.165) is 11.8 Å². The summed E-state index contributed by atoms with van der Waals surface area (Å²) in [4.78, 5) is 29.1. The van der Waals surface area contributed by atoms with E-state index in [4.69, 9.17) is 21.1 Å². The highest BCUT2D eigenvalue weighted by molar-refractivity contribution is 6.33. The van der Waals surface area contributed by atoms with Gasteiger partial charge in [-0.3, -0.25) is 9.59 Å². The average molecular weight is 434 g/mol. The molecule has 0 radical (unpaired) electrons. The van der Waals surface area contributed by atoms with Crippen molar-refractivity contribution in [3.8, 4) is 5.75 Å². The van der Waals surface area contributed by atoms with Gasteiger partial charge in [-0.2, -0.15) is 0 Å². The lowest BCUT2D eigenvalue weighted by Crippen LogP contribution is -2.53. The molecule has 2 amide bonds. The second-order valence-electron chi connectivity index (χ2n) is 7.06. The number of ether oxygens (including phenoxy) is 2. The molecular formula is C21H21ClFN3O4. The largest absolute Gasteiger partial charge is 0.477 e. The van der Waals surface area contributed by atoms with Crippen molar-refractivity contribution in [1.82, 2.24) is 4.90 Å². The zero-order valence-electron chi connectivity index (χ0n) is 16.1. The minimum atomic E-state index is -0.722. The highest BCUT2D eigenvalue weighted by Crippen LogP contribution is 2.33. The molecular weight excluding hydrogens is 413 g/mol. The van der Waals surface area contributed by atoms with E-state index in [1.807, 2.05) is 18.2 Å². The van der Waals surface area contributed by atoms with Crippen molar-refractivity contribution >= 4 is 34.8 Å². The predicted octanol–water partition coefficient (Wildman–Crippen LogP) is 2.54. The number of hydrogen-bond acceptors (Lipinski definition) is 5. The molecule has 0 bridgehead atoms. The van der Waals surface area contributed by atoms with Crippen LogP contribution in [0, 0.1) is 5.82 Å². The summed E-state index contributed by atoms with van der Waals surface area (Å²) in [6.07, 6.45) is -0.722. The van der Waals surface area contributed by atoms with Crippen LogP contribution in [0.25, 0.3) is 0 Å². The van der Waals surface area contributed by atoms with Crippen molar-refractivity contribution in [2.75, 3.05) is 49.6 Å². The Morgan fingerprint density at radius 1 is 1.17 bits per heavy atom. The molecule has 7 nitrogen and oxygen atoms in total. The number of carbonyl (C=O) groups excluding carboxylic acids is 2. The predicted molar refractivity (Wildman–Crippen MR) is 111 cm³/mol. The molecule has 2 aromatic rings. The summed E-state index contributed by atoms with van der Waals surface area (Å²) in [5, 5.41) is 2.81. The molecule has 2 aromatic carbocycles. The lowest BCUT2D eigenvalue weighted by atomic mass is 10.1. The second-order valence-corrected chi connectivity index (χ2v) is 7.47. The SMILES string of the molecule is O=C(CN1C[C@@H](C(=O)N2CCOCC2)Oc2ccccc21)Nc1ccc(F)cc1Cl. The van der Waals surface area contributed by atoms with Gasteiger partial charge in [0.2, 0.25) is 5.91 Å². The van der Waals surface area contributed by atoms with E-state index in [0.29, 0.717) is 37.7 Å². The maximum absolute atomic E-state index is 13.2. The Bertz CT molecular complexity index is 952. The van der Waals surface area contributed by atoms with Gasteiger partial charge in [-0.05, 0) is 30.3 Å². The van der Waals surface area contributed by atoms with Gasteiger partial charge < -0.3 is 24.6 Å². The van der Waals surface area contributed by atoms with E-state index < -0.39 is 11.9 Å². The van der Waals surface area contributed by atoms with Crippen molar-refractivity contribution < 1.29 is 23.5 Å². The summed E-state index contributed by atoms with van der Waals surface area (Å²) in [7, 11) is 0. The minimum absolute atomic E-state index is 0.0129. The van der Waals surface area contributed by atoms with E-state index in [9.17, 15) is 14.0 Å². The summed E-state index contributed by atoms with van der Waals surface area (Å²) < 4.78 is 24.5. The quantitative estimate of drug-likeness (QED) is 0.802. The van der Waals surface area contributed by atoms with Gasteiger partial charge in [0.1, 0.15) is 11.6 Å². The molecule has 1 N–H and O–H groups in total. The van der Waals surface area contributed by atoms with E-state index >= 15 is 0 Å². The van der Waals surface area contributed by atoms with Crippen LogP contribution in [0.3, 0.4) is 0 Å². The molecule has 2 heterocycles. The molecule has 2 aliphatic rings. The maximum atomic E-state index is 13.2. The lowest BCUT2D eigenvalue weighted by molar-refractivity contribution is -0.142. The molecule has 0 saturated carbocycles. The standard InChI is InChI=1S/C21H21ClFN3O4/c22-15-11-14(23)5-6-16(15)24-20(27)13-26-12-19(21(28)25-7-9-29-10-8-25)30-18-4-2-1-3-17(18)26/h1-6,11,19H,7-10,12-13H2,(H,24,27)/t19-/m0/s1. The number of para-hydroxylation sites is 2. The number of amides is 2. The normalized spacial score (nSPS) is 18.4. The molecule has 0 aromatic heterocycles. The number of benzene rings is 2. The monoisotopic (exact) mass is 433 g/mol. The summed E-state index contributed by atoms with van der Waals surface area (Å²) in [5.74, 6) is -0.398. The van der Waals surface area contributed by atoms with Gasteiger partial charge in [-0.15, -0.1) is 0 Å². The smallest absolute Gasteiger partial charge is 0.265 e. The van der Waals surface area contributed by atoms with Crippen molar-refractivity contribution in [2.45, 2.75) is 6.10 Å². The Morgan fingerprint density at radius 2 is 1.93 bits per heavy atom. The van der Waals surface area contributed by atoms with Crippen molar-refractivity contribution in [2.24, 2.45) is 0 Å². The van der Waals surface area contributed by atoms with Crippen molar-refractivity contribution in [3.05, 3.63) is 53.3 Å². The molecule has 9 heteroatoms. The first kappa shape index (κ1) is 20.4. The molecule has 1 fully saturated rings. The van der Waals surface area contributed by atoms with Gasteiger partial charge in [-0.1, -0.05) is 23.7 Å². The van der Waals surface area contributed by atoms with Crippen LogP contribution in [0.2, 0.25) is 5.02 Å². The third-order valence-corrected chi connectivity index (χ3v) is 5.31. The van der Waals surface area contributed by atoms with Crippen LogP contribution in [0.4, 0.5) is 15.8 Å². The number of nitrogens with zero attached hydrogens (tertiary/aromatic N) is 2. The number of anilines is 2. The van der Waals surface area contributed by atoms with Crippen LogP contribution in [-0.4, -0.2) is 62.2 Å². The van der Waals surface area contributed by atoms with Gasteiger partial charge in [-0.25, -0.2) is 4.39 Å². The van der Waals surface area contributed by atoms with E-state index in [1.54, 1.807) is 15.9 Å². The van der Waals surface area contributed by atoms with E-state index in [1.165, 1.54) is 12.1 Å². The van der Waals surface area contributed by atoms with Crippen LogP contribution in [0.5, 0.6) is 5.75 Å². The van der Waals surface area contributed by atoms with Gasteiger partial charge >= 0.3 is 0 Å². The Morgan fingerprint density at radius 3 is 2.70 bits per heavy atom. The zero-order chi connectivity index (χ0) is 21.1. The fourth-order valence-electron chi connectivity index (χ4n) is 3.53. The van der Waals surface area contributed by atoms with E-state index in [-0.39, 0.29) is 29.9 Å². The topological polar surface area (TPSA) is 71.1 Å². The van der Waals surface area contributed by atoms with Crippen LogP contribution in [0.1, 0.15) is 0 Å². The summed E-state index contributed by atoms with van der Waals surface area (Å²) in [6, 6.07) is 11.0. The first-order valence-electron chi connectivity index (χ1n) is 9.63. The number of carbonyl (C=O) groups is 2. The molecule has 0 spiro atoms. The van der Waals surface area contributed by atoms with Crippen LogP contribution < -0.4 is 15.0 Å². The molecule has 158 valence electrons. The average Bonchev–Trinajstić information content (AvgIpc) is 2.75. The number of hydrogen-bond donors (Lipinski definition) is 1.